The summed E-state index contributed by atoms with van der Waals surface area (Å²) in [6.07, 6.45) is 0.235. The Morgan fingerprint density at radius 2 is 1.71 bits per heavy atom. The van der Waals surface area contributed by atoms with Gasteiger partial charge in [0.25, 0.3) is 5.91 Å². The molecule has 3 aromatic rings. The van der Waals surface area contributed by atoms with Crippen LogP contribution >= 0.6 is 0 Å². The molecule has 2 aromatic carbocycles. The molecule has 1 amide bonds. The van der Waals surface area contributed by atoms with Crippen LogP contribution in [0.1, 0.15) is 51.5 Å². The lowest BCUT2D eigenvalue weighted by Gasteiger charge is -2.12. The molecule has 0 aliphatic heterocycles. The van der Waals surface area contributed by atoms with E-state index in [0.29, 0.717) is 12.2 Å². The van der Waals surface area contributed by atoms with Crippen LogP contribution in [0.5, 0.6) is 0 Å². The van der Waals surface area contributed by atoms with Gasteiger partial charge in [-0.05, 0) is 37.0 Å². The van der Waals surface area contributed by atoms with Gasteiger partial charge in [0, 0.05) is 6.54 Å². The van der Waals surface area contributed by atoms with Crippen LogP contribution < -0.4 is 5.32 Å². The molecule has 0 radical (unpaired) electrons. The van der Waals surface area contributed by atoms with Gasteiger partial charge in [0.15, 0.2) is 5.69 Å². The minimum atomic E-state index is -0.767. The summed E-state index contributed by atoms with van der Waals surface area (Å²) in [5.74, 6) is -0.337. The Morgan fingerprint density at radius 1 is 1.07 bits per heavy atom. The van der Waals surface area contributed by atoms with E-state index >= 15 is 0 Å². The molecule has 0 saturated heterocycles. The van der Waals surface area contributed by atoms with E-state index in [0.717, 1.165) is 23.1 Å². The minimum Gasteiger partial charge on any atom is -0.387 e. The number of aliphatic hydroxyl groups excluding tert-OH is 1. The Bertz CT molecular complexity index is 930. The maximum atomic E-state index is 12.5. The maximum absolute atomic E-state index is 12.5. The van der Waals surface area contributed by atoms with E-state index in [-0.39, 0.29) is 18.1 Å². The monoisotopic (exact) mass is 378 g/mol. The second kappa shape index (κ2) is 8.80. The van der Waals surface area contributed by atoms with E-state index in [2.05, 4.69) is 46.8 Å². The first-order valence-corrected chi connectivity index (χ1v) is 9.48. The fourth-order valence-electron chi connectivity index (χ4n) is 2.95. The number of aryl methyl sites for hydroxylation is 2. The van der Waals surface area contributed by atoms with Gasteiger partial charge in [-0.3, -0.25) is 4.79 Å². The van der Waals surface area contributed by atoms with Crippen LogP contribution in [0.4, 0.5) is 0 Å². The van der Waals surface area contributed by atoms with Crippen LogP contribution in [0, 0.1) is 13.8 Å². The molecule has 1 unspecified atom stereocenters. The minimum absolute atomic E-state index is 0.118. The molecule has 0 spiro atoms. The van der Waals surface area contributed by atoms with E-state index < -0.39 is 6.10 Å². The van der Waals surface area contributed by atoms with Crippen molar-refractivity contribution in [3.8, 4) is 0 Å². The summed E-state index contributed by atoms with van der Waals surface area (Å²) < 4.78 is 1.71. The third-order valence-electron chi connectivity index (χ3n) is 4.88. The predicted octanol–water partition coefficient (Wildman–Crippen LogP) is 2.97. The Hall–Kier alpha value is -2.99. The molecule has 2 N–H and O–H groups in total. The molecule has 6 heteroatoms. The molecule has 6 nitrogen and oxygen atoms in total. The quantitative estimate of drug-likeness (QED) is 0.662. The van der Waals surface area contributed by atoms with Crippen LogP contribution in [-0.4, -0.2) is 32.6 Å². The summed E-state index contributed by atoms with van der Waals surface area (Å²) in [6, 6.07) is 15.9. The first-order valence-electron chi connectivity index (χ1n) is 9.48. The van der Waals surface area contributed by atoms with Crippen molar-refractivity contribution in [1.82, 2.24) is 20.3 Å². The SMILES string of the molecule is CCc1ccc(Cn2nnc(C(=O)NCC(O)c3ccc(C)cc3)c2C)cc1. The number of rotatable bonds is 7. The summed E-state index contributed by atoms with van der Waals surface area (Å²) in [5, 5.41) is 21.1. The zero-order valence-corrected chi connectivity index (χ0v) is 16.5. The maximum Gasteiger partial charge on any atom is 0.273 e. The molecule has 0 saturated carbocycles. The molecule has 3 rings (SSSR count). The lowest BCUT2D eigenvalue weighted by Crippen LogP contribution is -2.29. The highest BCUT2D eigenvalue weighted by atomic mass is 16.3. The predicted molar refractivity (Wildman–Crippen MR) is 108 cm³/mol. The third-order valence-corrected chi connectivity index (χ3v) is 4.88. The summed E-state index contributed by atoms with van der Waals surface area (Å²) in [5.41, 5.74) is 5.25. The van der Waals surface area contributed by atoms with E-state index in [1.54, 1.807) is 4.68 Å². The first kappa shape index (κ1) is 19.8. The van der Waals surface area contributed by atoms with Gasteiger partial charge < -0.3 is 10.4 Å². The number of nitrogens with one attached hydrogen (secondary N) is 1. The molecule has 0 fully saturated rings. The molecule has 1 aromatic heterocycles. The smallest absolute Gasteiger partial charge is 0.273 e. The summed E-state index contributed by atoms with van der Waals surface area (Å²) in [6.45, 7) is 6.61. The highest BCUT2D eigenvalue weighted by Gasteiger charge is 2.18. The van der Waals surface area contributed by atoms with Crippen LogP contribution in [0.25, 0.3) is 0 Å². The molecule has 0 aliphatic rings. The van der Waals surface area contributed by atoms with Gasteiger partial charge in [0.2, 0.25) is 0 Å². The van der Waals surface area contributed by atoms with Gasteiger partial charge in [-0.25, -0.2) is 4.68 Å². The highest BCUT2D eigenvalue weighted by molar-refractivity contribution is 5.93. The summed E-state index contributed by atoms with van der Waals surface area (Å²) >= 11 is 0. The van der Waals surface area contributed by atoms with Crippen molar-refractivity contribution in [1.29, 1.82) is 0 Å². The lowest BCUT2D eigenvalue weighted by atomic mass is 10.1. The first-order chi connectivity index (χ1) is 13.5. The standard InChI is InChI=1S/C22H26N4O2/c1-4-17-7-9-18(10-8-17)14-26-16(3)21(24-25-26)22(28)23-13-20(27)19-11-5-15(2)6-12-19/h5-12,20,27H,4,13-14H2,1-3H3,(H,23,28). The number of aliphatic hydroxyl groups is 1. The molecule has 0 aliphatic carbocycles. The summed E-state index contributed by atoms with van der Waals surface area (Å²) in [7, 11) is 0. The zero-order valence-electron chi connectivity index (χ0n) is 16.5. The number of hydrogen-bond acceptors (Lipinski definition) is 4. The van der Waals surface area contributed by atoms with Crippen molar-refractivity contribution < 1.29 is 9.90 Å². The van der Waals surface area contributed by atoms with Gasteiger partial charge in [0.05, 0.1) is 18.3 Å². The van der Waals surface area contributed by atoms with Gasteiger partial charge in [-0.1, -0.05) is 66.2 Å². The van der Waals surface area contributed by atoms with Gasteiger partial charge in [-0.15, -0.1) is 5.10 Å². The fraction of sp³-hybridized carbons (Fsp3) is 0.318. The molecule has 1 atom stereocenters. The van der Waals surface area contributed by atoms with Crippen molar-refractivity contribution in [3.63, 3.8) is 0 Å². The van der Waals surface area contributed by atoms with Crippen LogP contribution in [0.2, 0.25) is 0 Å². The van der Waals surface area contributed by atoms with Gasteiger partial charge >= 0.3 is 0 Å². The molecule has 1 heterocycles. The fourth-order valence-corrected chi connectivity index (χ4v) is 2.95. The van der Waals surface area contributed by atoms with Crippen molar-refractivity contribution >= 4 is 5.91 Å². The number of carbonyl (C=O) groups is 1. The number of benzene rings is 2. The topological polar surface area (TPSA) is 80.0 Å². The number of amides is 1. The van der Waals surface area contributed by atoms with E-state index in [1.807, 2.05) is 38.1 Å². The van der Waals surface area contributed by atoms with E-state index in [9.17, 15) is 9.90 Å². The second-order valence-electron chi connectivity index (χ2n) is 6.99. The van der Waals surface area contributed by atoms with Crippen molar-refractivity contribution in [3.05, 3.63) is 82.2 Å². The van der Waals surface area contributed by atoms with Crippen molar-refractivity contribution in [2.45, 2.75) is 39.8 Å². The molecule has 0 bridgehead atoms. The molecule has 28 heavy (non-hydrogen) atoms. The van der Waals surface area contributed by atoms with E-state index in [4.69, 9.17) is 0 Å². The van der Waals surface area contributed by atoms with Crippen molar-refractivity contribution in [2.24, 2.45) is 0 Å². The highest BCUT2D eigenvalue weighted by Crippen LogP contribution is 2.14. The lowest BCUT2D eigenvalue weighted by molar-refractivity contribution is 0.0910. The summed E-state index contributed by atoms with van der Waals surface area (Å²) in [4.78, 5) is 12.5. The number of aromatic nitrogens is 3. The zero-order chi connectivity index (χ0) is 20.1. The number of nitrogens with zero attached hydrogens (tertiary/aromatic N) is 3. The average molecular weight is 378 g/mol. The van der Waals surface area contributed by atoms with Crippen LogP contribution in [0.3, 0.4) is 0 Å². The largest absolute Gasteiger partial charge is 0.387 e. The molecule has 146 valence electrons. The molecular weight excluding hydrogens is 352 g/mol. The molecular formula is C22H26N4O2. The third kappa shape index (κ3) is 4.64. The Kier molecular flexibility index (Phi) is 6.21. The number of hydrogen-bond donors (Lipinski definition) is 2. The Balaban J connectivity index is 1.61. The second-order valence-corrected chi connectivity index (χ2v) is 6.99. The normalized spacial score (nSPS) is 12.0. The van der Waals surface area contributed by atoms with Crippen molar-refractivity contribution in [2.75, 3.05) is 6.54 Å². The van der Waals surface area contributed by atoms with Crippen LogP contribution in [-0.2, 0) is 13.0 Å². The Labute approximate surface area is 165 Å². The number of carbonyl (C=O) groups excluding carboxylic acids is 1. The average Bonchev–Trinajstić information content (AvgIpc) is 3.07. The van der Waals surface area contributed by atoms with Gasteiger partial charge in [0.1, 0.15) is 0 Å². The Morgan fingerprint density at radius 3 is 2.36 bits per heavy atom. The van der Waals surface area contributed by atoms with Crippen LogP contribution in [0.15, 0.2) is 48.5 Å². The van der Waals surface area contributed by atoms with Gasteiger partial charge in [-0.2, -0.15) is 0 Å². The van der Waals surface area contributed by atoms with E-state index in [1.165, 1.54) is 5.56 Å².